The second-order valence-electron chi connectivity index (χ2n) is 11.2. The molecule has 0 atom stereocenters. The first-order valence-corrected chi connectivity index (χ1v) is 14.4. The lowest BCUT2D eigenvalue weighted by Crippen LogP contribution is -2.29. The molecule has 2 aliphatic rings. The van der Waals surface area contributed by atoms with Gasteiger partial charge in [0.15, 0.2) is 5.65 Å². The second kappa shape index (κ2) is 10.4. The van der Waals surface area contributed by atoms with Crippen molar-refractivity contribution in [3.63, 3.8) is 0 Å². The van der Waals surface area contributed by atoms with Crippen LogP contribution in [0, 0.1) is 5.92 Å². The third-order valence-electron chi connectivity index (χ3n) is 8.20. The third-order valence-corrected chi connectivity index (χ3v) is 8.20. The van der Waals surface area contributed by atoms with Crippen LogP contribution >= 0.6 is 0 Å². The Bertz CT molecular complexity index is 1760. The van der Waals surface area contributed by atoms with Crippen LogP contribution in [-0.2, 0) is 18.4 Å². The van der Waals surface area contributed by atoms with Crippen LogP contribution in [0.15, 0.2) is 67.0 Å². The summed E-state index contributed by atoms with van der Waals surface area (Å²) < 4.78 is 3.64. The van der Waals surface area contributed by atoms with Gasteiger partial charge in [-0.05, 0) is 85.2 Å². The number of carbonyl (C=O) groups is 2. The van der Waals surface area contributed by atoms with E-state index in [1.807, 2.05) is 48.3 Å². The molecule has 3 aromatic heterocycles. The quantitative estimate of drug-likeness (QED) is 0.294. The minimum atomic E-state index is -0.100. The van der Waals surface area contributed by atoms with Gasteiger partial charge >= 0.3 is 0 Å². The Labute approximate surface area is 238 Å². The maximum absolute atomic E-state index is 13.3. The molecule has 0 bridgehead atoms. The zero-order valence-corrected chi connectivity index (χ0v) is 23.1. The molecule has 208 valence electrons. The first-order valence-electron chi connectivity index (χ1n) is 14.4. The van der Waals surface area contributed by atoms with Gasteiger partial charge in [-0.25, -0.2) is 4.52 Å². The Balaban J connectivity index is 1.09. The van der Waals surface area contributed by atoms with Crippen molar-refractivity contribution in [1.29, 1.82) is 0 Å². The summed E-state index contributed by atoms with van der Waals surface area (Å²) in [4.78, 5) is 32.4. The van der Waals surface area contributed by atoms with Gasteiger partial charge in [0.05, 0.1) is 5.56 Å². The van der Waals surface area contributed by atoms with Crippen LogP contribution in [0.5, 0.6) is 0 Å². The molecule has 0 spiro atoms. The molecule has 7 rings (SSSR count). The molecule has 9 nitrogen and oxygen atoms in total. The lowest BCUT2D eigenvalue weighted by atomic mass is 10.0. The fourth-order valence-corrected chi connectivity index (χ4v) is 5.68. The van der Waals surface area contributed by atoms with Crippen molar-refractivity contribution in [3.05, 3.63) is 78.1 Å². The molecule has 4 heterocycles. The number of aryl methyl sites for hydroxylation is 1. The monoisotopic (exact) mass is 547 g/mol. The summed E-state index contributed by atoms with van der Waals surface area (Å²) in [6.45, 7) is 2.70. The minimum Gasteiger partial charge on any atom is -0.372 e. The fraction of sp³-hybridized carbons (Fsp3) is 0.312. The summed E-state index contributed by atoms with van der Waals surface area (Å²) in [6, 6.07) is 18.6. The number of carbonyl (C=O) groups excluding carboxylic acids is 2. The van der Waals surface area contributed by atoms with Crippen LogP contribution in [0.3, 0.4) is 0 Å². The molecule has 0 radical (unpaired) electrons. The Morgan fingerprint density at radius 2 is 1.73 bits per heavy atom. The number of benzene rings is 2. The zero-order chi connectivity index (χ0) is 27.9. The van der Waals surface area contributed by atoms with Gasteiger partial charge in [0, 0.05) is 61.6 Å². The molecule has 1 saturated carbocycles. The molecular formula is C32H33N7O2. The molecule has 0 unspecified atom stereocenters. The molecule has 1 aliphatic heterocycles. The average Bonchev–Trinajstić information content (AvgIpc) is 3.71. The zero-order valence-electron chi connectivity index (χ0n) is 23.1. The number of hydrogen-bond donors (Lipinski definition) is 2. The van der Waals surface area contributed by atoms with Gasteiger partial charge in [0.1, 0.15) is 0 Å². The summed E-state index contributed by atoms with van der Waals surface area (Å²) in [6.07, 6.45) is 9.40. The standard InChI is InChI=1S/C32H33N7O2/c1-37-20-27(31(41)33-19-21-5-10-25(11-6-21)38-14-3-2-4-15-38)26-17-23(9-12-28(26)37)24-13-16-39-29(18-24)34-32(36-39)35-30(40)22-7-8-22/h5-6,9-13,16-18,20,22H,2-4,7-8,14-15,19H2,1H3,(H,33,41)(H,35,36,40). The number of anilines is 2. The highest BCUT2D eigenvalue weighted by molar-refractivity contribution is 6.08. The molecule has 1 saturated heterocycles. The lowest BCUT2D eigenvalue weighted by Gasteiger charge is -2.28. The van der Waals surface area contributed by atoms with Crippen molar-refractivity contribution in [2.24, 2.45) is 13.0 Å². The number of hydrogen-bond acceptors (Lipinski definition) is 5. The van der Waals surface area contributed by atoms with Gasteiger partial charge in [-0.1, -0.05) is 18.2 Å². The summed E-state index contributed by atoms with van der Waals surface area (Å²) in [5, 5.41) is 11.2. The van der Waals surface area contributed by atoms with Gasteiger partial charge in [0.25, 0.3) is 5.91 Å². The summed E-state index contributed by atoms with van der Waals surface area (Å²) in [7, 11) is 1.96. The first kappa shape index (κ1) is 25.3. The van der Waals surface area contributed by atoms with E-state index in [0.717, 1.165) is 53.5 Å². The number of piperidine rings is 1. The van der Waals surface area contributed by atoms with E-state index in [2.05, 4.69) is 55.9 Å². The maximum Gasteiger partial charge on any atom is 0.253 e. The van der Waals surface area contributed by atoms with Crippen molar-refractivity contribution < 1.29 is 9.59 Å². The summed E-state index contributed by atoms with van der Waals surface area (Å²) in [5.41, 5.74) is 6.53. The van der Waals surface area contributed by atoms with Gasteiger partial charge in [-0.15, -0.1) is 5.10 Å². The number of pyridine rings is 1. The predicted molar refractivity (Wildman–Crippen MR) is 160 cm³/mol. The van der Waals surface area contributed by atoms with Gasteiger partial charge in [0.2, 0.25) is 11.9 Å². The molecule has 9 heteroatoms. The Morgan fingerprint density at radius 1 is 0.951 bits per heavy atom. The normalized spacial score (nSPS) is 15.4. The number of aromatic nitrogens is 4. The smallest absolute Gasteiger partial charge is 0.253 e. The molecule has 2 aromatic carbocycles. The van der Waals surface area contributed by atoms with Gasteiger partial charge < -0.3 is 14.8 Å². The van der Waals surface area contributed by atoms with E-state index >= 15 is 0 Å². The topological polar surface area (TPSA) is 96.6 Å². The van der Waals surface area contributed by atoms with E-state index in [9.17, 15) is 9.59 Å². The highest BCUT2D eigenvalue weighted by Crippen LogP contribution is 2.31. The van der Waals surface area contributed by atoms with Crippen molar-refractivity contribution in [1.82, 2.24) is 24.5 Å². The molecule has 1 aliphatic carbocycles. The van der Waals surface area contributed by atoms with E-state index in [4.69, 9.17) is 0 Å². The average molecular weight is 548 g/mol. The van der Waals surface area contributed by atoms with Crippen LogP contribution in [0.4, 0.5) is 11.6 Å². The van der Waals surface area contributed by atoms with Crippen LogP contribution < -0.4 is 15.5 Å². The third kappa shape index (κ3) is 5.15. The van der Waals surface area contributed by atoms with E-state index < -0.39 is 0 Å². The second-order valence-corrected chi connectivity index (χ2v) is 11.2. The summed E-state index contributed by atoms with van der Waals surface area (Å²) >= 11 is 0. The fourth-order valence-electron chi connectivity index (χ4n) is 5.68. The van der Waals surface area contributed by atoms with Crippen molar-refractivity contribution in [2.75, 3.05) is 23.3 Å². The van der Waals surface area contributed by atoms with E-state index in [0.29, 0.717) is 23.7 Å². The number of nitrogens with one attached hydrogen (secondary N) is 2. The Kier molecular flexibility index (Phi) is 6.41. The van der Waals surface area contributed by atoms with Crippen LogP contribution in [-0.4, -0.2) is 44.1 Å². The summed E-state index contributed by atoms with van der Waals surface area (Å²) in [5.74, 6) is 0.288. The molecule has 2 fully saturated rings. The number of fused-ring (bicyclic) bond motifs is 2. The number of amides is 2. The number of rotatable bonds is 7. The first-order chi connectivity index (χ1) is 20.0. The molecule has 2 amide bonds. The Hall–Kier alpha value is -4.66. The Morgan fingerprint density at radius 3 is 2.51 bits per heavy atom. The van der Waals surface area contributed by atoms with Crippen LogP contribution in [0.1, 0.15) is 48.0 Å². The lowest BCUT2D eigenvalue weighted by molar-refractivity contribution is -0.117. The highest BCUT2D eigenvalue weighted by atomic mass is 16.2. The van der Waals surface area contributed by atoms with Crippen molar-refractivity contribution in [2.45, 2.75) is 38.6 Å². The SMILES string of the molecule is Cn1cc(C(=O)NCc2ccc(N3CCCCC3)cc2)c2cc(-c3ccn4nc(NC(=O)C5CC5)nc4c3)ccc21. The number of nitrogens with zero attached hydrogens (tertiary/aromatic N) is 5. The van der Waals surface area contributed by atoms with Crippen molar-refractivity contribution in [3.8, 4) is 11.1 Å². The minimum absolute atomic E-state index is 0.0177. The molecule has 41 heavy (non-hydrogen) atoms. The van der Waals surface area contributed by atoms with Crippen molar-refractivity contribution >= 4 is 40.0 Å². The van der Waals surface area contributed by atoms with Crippen LogP contribution in [0.2, 0.25) is 0 Å². The van der Waals surface area contributed by atoms with Crippen LogP contribution in [0.25, 0.3) is 27.7 Å². The largest absolute Gasteiger partial charge is 0.372 e. The molecule has 2 N–H and O–H groups in total. The van der Waals surface area contributed by atoms with Gasteiger partial charge in [-0.3, -0.25) is 14.9 Å². The molecular weight excluding hydrogens is 514 g/mol. The van der Waals surface area contributed by atoms with E-state index in [1.54, 1.807) is 4.52 Å². The van der Waals surface area contributed by atoms with E-state index in [1.165, 1.54) is 24.9 Å². The molecule has 5 aromatic rings. The maximum atomic E-state index is 13.3. The highest BCUT2D eigenvalue weighted by Gasteiger charge is 2.30. The predicted octanol–water partition coefficient (Wildman–Crippen LogP) is 5.16. The van der Waals surface area contributed by atoms with E-state index in [-0.39, 0.29) is 17.7 Å². The van der Waals surface area contributed by atoms with Gasteiger partial charge in [-0.2, -0.15) is 4.98 Å².